The van der Waals surface area contributed by atoms with Gasteiger partial charge >= 0.3 is 0 Å². The van der Waals surface area contributed by atoms with E-state index in [1.54, 1.807) is 24.3 Å². The van der Waals surface area contributed by atoms with Crippen LogP contribution in [0.4, 0.5) is 22.7 Å². The van der Waals surface area contributed by atoms with Crippen LogP contribution < -0.4 is 15.5 Å². The molecule has 1 fully saturated rings. The van der Waals surface area contributed by atoms with Crippen LogP contribution in [-0.2, 0) is 9.53 Å². The minimum atomic E-state index is -0.540. The summed E-state index contributed by atoms with van der Waals surface area (Å²) in [5.41, 5.74) is 1.39. The van der Waals surface area contributed by atoms with Crippen LogP contribution in [0.2, 0.25) is 0 Å². The van der Waals surface area contributed by atoms with E-state index in [0.29, 0.717) is 47.8 Å². The molecular weight excluding hydrogens is 444 g/mol. The van der Waals surface area contributed by atoms with E-state index >= 15 is 0 Å². The van der Waals surface area contributed by atoms with Crippen LogP contribution in [0.25, 0.3) is 0 Å². The molecule has 2 N–H and O–H groups in total. The fraction of sp³-hybridized carbons (Fsp3) is 0.263. The first-order valence-electron chi connectivity index (χ1n) is 8.85. The average molecular weight is 463 g/mol. The fourth-order valence-electron chi connectivity index (χ4n) is 3.01. The van der Waals surface area contributed by atoms with Gasteiger partial charge in [0.2, 0.25) is 5.91 Å². The van der Waals surface area contributed by atoms with Gasteiger partial charge in [0, 0.05) is 36.6 Å². The normalized spacial score (nSPS) is 13.7. The third-order valence-electron chi connectivity index (χ3n) is 4.33. The standard InChI is InChI=1S/C19H19BrN4O5/c1-12(25)21-16-4-2-13(20)10-17(16)22-19(26)15-11-14(24(27)28)3-5-18(15)23-6-8-29-9-7-23/h2-5,10-11H,6-9H2,1H3,(H,21,25)(H,22,26). The summed E-state index contributed by atoms with van der Waals surface area (Å²) in [6.07, 6.45) is 0. The summed E-state index contributed by atoms with van der Waals surface area (Å²) in [5, 5.41) is 16.6. The van der Waals surface area contributed by atoms with E-state index in [4.69, 9.17) is 4.74 Å². The maximum absolute atomic E-state index is 13.1. The highest BCUT2D eigenvalue weighted by molar-refractivity contribution is 9.10. The number of rotatable bonds is 5. The summed E-state index contributed by atoms with van der Waals surface area (Å²) in [5.74, 6) is -0.799. The van der Waals surface area contributed by atoms with Crippen molar-refractivity contribution in [1.29, 1.82) is 0 Å². The predicted molar refractivity (Wildman–Crippen MR) is 113 cm³/mol. The van der Waals surface area contributed by atoms with Gasteiger partial charge in [-0.25, -0.2) is 0 Å². The number of non-ortho nitro benzene ring substituents is 1. The monoisotopic (exact) mass is 462 g/mol. The zero-order valence-electron chi connectivity index (χ0n) is 15.6. The lowest BCUT2D eigenvalue weighted by Crippen LogP contribution is -2.37. The zero-order valence-corrected chi connectivity index (χ0v) is 17.2. The number of carbonyl (C=O) groups excluding carboxylic acids is 2. The molecule has 10 heteroatoms. The quantitative estimate of drug-likeness (QED) is 0.519. The second kappa shape index (κ2) is 9.01. The van der Waals surface area contributed by atoms with Crippen LogP contribution in [0.3, 0.4) is 0 Å². The first-order valence-corrected chi connectivity index (χ1v) is 9.64. The highest BCUT2D eigenvalue weighted by Crippen LogP contribution is 2.30. The number of hydrogen-bond donors (Lipinski definition) is 2. The number of nitrogens with zero attached hydrogens (tertiary/aromatic N) is 2. The number of ether oxygens (including phenoxy) is 1. The van der Waals surface area contributed by atoms with Crippen molar-refractivity contribution in [3.63, 3.8) is 0 Å². The number of morpholine rings is 1. The lowest BCUT2D eigenvalue weighted by Gasteiger charge is -2.30. The third kappa shape index (κ3) is 5.09. The Balaban J connectivity index is 1.97. The second-order valence-electron chi connectivity index (χ2n) is 6.38. The first kappa shape index (κ1) is 20.7. The van der Waals surface area contributed by atoms with Crippen molar-refractivity contribution in [2.24, 2.45) is 0 Å². The van der Waals surface area contributed by atoms with Crippen molar-refractivity contribution in [3.8, 4) is 0 Å². The minimum Gasteiger partial charge on any atom is -0.378 e. The Morgan fingerprint density at radius 3 is 2.48 bits per heavy atom. The number of halogens is 1. The number of nitrogens with one attached hydrogen (secondary N) is 2. The van der Waals surface area contributed by atoms with E-state index in [2.05, 4.69) is 26.6 Å². The van der Waals surface area contributed by atoms with Crippen LogP contribution in [0.5, 0.6) is 0 Å². The molecule has 1 saturated heterocycles. The van der Waals surface area contributed by atoms with E-state index in [9.17, 15) is 19.7 Å². The number of nitro groups is 1. The Bertz CT molecular complexity index is 960. The summed E-state index contributed by atoms with van der Waals surface area (Å²) in [7, 11) is 0. The van der Waals surface area contributed by atoms with E-state index in [0.717, 1.165) is 0 Å². The molecule has 0 spiro atoms. The molecule has 1 aliphatic rings. The molecule has 9 nitrogen and oxygen atoms in total. The van der Waals surface area contributed by atoms with Gasteiger partial charge in [-0.3, -0.25) is 19.7 Å². The Morgan fingerprint density at radius 1 is 1.10 bits per heavy atom. The van der Waals surface area contributed by atoms with E-state index in [1.807, 2.05) is 4.90 Å². The Kier molecular flexibility index (Phi) is 6.45. The number of carbonyl (C=O) groups is 2. The fourth-order valence-corrected chi connectivity index (χ4v) is 3.37. The number of nitro benzene ring substituents is 1. The van der Waals surface area contributed by atoms with Crippen LogP contribution in [0.1, 0.15) is 17.3 Å². The van der Waals surface area contributed by atoms with Gasteiger partial charge in [-0.2, -0.15) is 0 Å². The SMILES string of the molecule is CC(=O)Nc1ccc(Br)cc1NC(=O)c1cc([N+](=O)[O-])ccc1N1CCOCC1. The molecule has 1 heterocycles. The van der Waals surface area contributed by atoms with Gasteiger partial charge in [-0.15, -0.1) is 0 Å². The van der Waals surface area contributed by atoms with Crippen LogP contribution in [0, 0.1) is 10.1 Å². The van der Waals surface area contributed by atoms with E-state index < -0.39 is 10.8 Å². The Morgan fingerprint density at radius 2 is 1.83 bits per heavy atom. The number of anilines is 3. The molecule has 152 valence electrons. The average Bonchev–Trinajstić information content (AvgIpc) is 2.70. The molecule has 2 amide bonds. The summed E-state index contributed by atoms with van der Waals surface area (Å²) >= 11 is 3.34. The summed E-state index contributed by atoms with van der Waals surface area (Å²) < 4.78 is 6.05. The Labute approximate surface area is 175 Å². The number of hydrogen-bond acceptors (Lipinski definition) is 6. The van der Waals surface area contributed by atoms with Crippen molar-refractivity contribution in [2.75, 3.05) is 41.8 Å². The molecule has 1 aliphatic heterocycles. The molecule has 0 unspecified atom stereocenters. The van der Waals surface area contributed by atoms with E-state index in [-0.39, 0.29) is 17.2 Å². The molecular formula is C19H19BrN4O5. The summed E-state index contributed by atoms with van der Waals surface area (Å²) in [4.78, 5) is 37.2. The van der Waals surface area contributed by atoms with Crippen LogP contribution in [-0.4, -0.2) is 43.0 Å². The Hall–Kier alpha value is -2.98. The zero-order chi connectivity index (χ0) is 21.0. The van der Waals surface area contributed by atoms with Gasteiger partial charge in [-0.05, 0) is 24.3 Å². The highest BCUT2D eigenvalue weighted by Gasteiger charge is 2.23. The van der Waals surface area contributed by atoms with Crippen molar-refractivity contribution in [3.05, 3.63) is 56.5 Å². The van der Waals surface area contributed by atoms with E-state index in [1.165, 1.54) is 19.1 Å². The minimum absolute atomic E-state index is 0.176. The maximum Gasteiger partial charge on any atom is 0.270 e. The van der Waals surface area contributed by atoms with Crippen molar-refractivity contribution < 1.29 is 19.2 Å². The molecule has 3 rings (SSSR count). The number of amides is 2. The van der Waals surface area contributed by atoms with Crippen molar-refractivity contribution in [1.82, 2.24) is 0 Å². The van der Waals surface area contributed by atoms with Gasteiger partial charge in [0.1, 0.15) is 0 Å². The smallest absolute Gasteiger partial charge is 0.270 e. The molecule has 0 aromatic heterocycles. The van der Waals surface area contributed by atoms with Gasteiger partial charge in [0.15, 0.2) is 0 Å². The van der Waals surface area contributed by atoms with Crippen LogP contribution >= 0.6 is 15.9 Å². The number of benzene rings is 2. The molecule has 0 radical (unpaired) electrons. The van der Waals surface area contributed by atoms with Gasteiger partial charge in [0.25, 0.3) is 11.6 Å². The molecule has 0 atom stereocenters. The van der Waals surface area contributed by atoms with Gasteiger partial charge in [0.05, 0.1) is 40.8 Å². The largest absolute Gasteiger partial charge is 0.378 e. The summed E-state index contributed by atoms with van der Waals surface area (Å²) in [6.45, 7) is 3.54. The van der Waals surface area contributed by atoms with Crippen molar-refractivity contribution >= 4 is 50.5 Å². The van der Waals surface area contributed by atoms with Gasteiger partial charge < -0.3 is 20.3 Å². The second-order valence-corrected chi connectivity index (χ2v) is 7.30. The topological polar surface area (TPSA) is 114 Å². The molecule has 0 saturated carbocycles. The molecule has 29 heavy (non-hydrogen) atoms. The predicted octanol–water partition coefficient (Wildman–Crippen LogP) is 3.40. The summed E-state index contributed by atoms with van der Waals surface area (Å²) in [6, 6.07) is 9.24. The lowest BCUT2D eigenvalue weighted by atomic mass is 10.1. The lowest BCUT2D eigenvalue weighted by molar-refractivity contribution is -0.384. The first-order chi connectivity index (χ1) is 13.8. The van der Waals surface area contributed by atoms with Crippen molar-refractivity contribution in [2.45, 2.75) is 6.92 Å². The molecule has 2 aromatic rings. The van der Waals surface area contributed by atoms with Gasteiger partial charge in [-0.1, -0.05) is 15.9 Å². The molecule has 0 bridgehead atoms. The van der Waals surface area contributed by atoms with Crippen LogP contribution in [0.15, 0.2) is 40.9 Å². The molecule has 0 aliphatic carbocycles. The molecule has 2 aromatic carbocycles. The third-order valence-corrected chi connectivity index (χ3v) is 4.82. The highest BCUT2D eigenvalue weighted by atomic mass is 79.9. The maximum atomic E-state index is 13.1.